The Labute approximate surface area is 502 Å². The summed E-state index contributed by atoms with van der Waals surface area (Å²) < 4.78 is 23.0. The fraction of sp³-hybridized carbons (Fsp3) is 0.847. The molecule has 0 aliphatic rings. The van der Waals surface area contributed by atoms with Crippen molar-refractivity contribution in [2.24, 2.45) is 0 Å². The Morgan fingerprint density at radius 1 is 0.370 bits per heavy atom. The van der Waals surface area contributed by atoms with Crippen molar-refractivity contribution in [1.82, 2.24) is 0 Å². The monoisotopic (exact) mass is 1140 g/mol. The minimum atomic E-state index is -1.51. The zero-order chi connectivity index (χ0) is 59.1. The van der Waals surface area contributed by atoms with Gasteiger partial charge in [-0.05, 0) is 77.0 Å². The molecule has 9 nitrogen and oxygen atoms in total. The summed E-state index contributed by atoms with van der Waals surface area (Å²) in [7, 11) is 5.98. The van der Waals surface area contributed by atoms with E-state index in [0.29, 0.717) is 17.4 Å². The van der Waals surface area contributed by atoms with Crippen molar-refractivity contribution >= 4 is 17.9 Å². The van der Waals surface area contributed by atoms with E-state index in [1.165, 1.54) is 257 Å². The van der Waals surface area contributed by atoms with Gasteiger partial charge in [0.2, 0.25) is 0 Å². The number of carboxylic acids is 1. The number of quaternary nitrogens is 1. The van der Waals surface area contributed by atoms with Gasteiger partial charge in [-0.2, -0.15) is 0 Å². The third-order valence-corrected chi connectivity index (χ3v) is 15.6. The lowest BCUT2D eigenvalue weighted by Gasteiger charge is -2.25. The lowest BCUT2D eigenvalue weighted by Crippen LogP contribution is -2.40. The van der Waals surface area contributed by atoms with Crippen molar-refractivity contribution in [2.45, 2.75) is 347 Å². The van der Waals surface area contributed by atoms with Crippen LogP contribution in [0.25, 0.3) is 0 Å². The highest BCUT2D eigenvalue weighted by atomic mass is 16.7. The molecule has 0 amide bonds. The van der Waals surface area contributed by atoms with Crippen LogP contribution in [-0.2, 0) is 33.3 Å². The summed E-state index contributed by atoms with van der Waals surface area (Å²) in [6.07, 6.45) is 78.0. The second-order valence-electron chi connectivity index (χ2n) is 24.8. The Kier molecular flexibility index (Phi) is 61.1. The molecule has 0 aromatic heterocycles. The standard InChI is InChI=1S/C72H133NO8/c1-6-8-10-12-14-16-18-20-22-24-26-28-29-30-31-32-33-34-35-36-37-38-39-40-41-43-45-47-49-51-53-55-57-59-61-63-70(75)81-68(67-80-72(71(76)77)78-65-64-73(3,4)5)66-79-69(74)62-60-58-56-54-52-50-48-46-44-42-27-25-23-21-19-17-15-13-11-9-7-2/h18-21,24-27,68,72H,6-17,22-23,28-67H2,1-5H3/p+1/b20-18-,21-19-,26-24-,27-25-. The summed E-state index contributed by atoms with van der Waals surface area (Å²) >= 11 is 0. The van der Waals surface area contributed by atoms with Gasteiger partial charge in [-0.15, -0.1) is 0 Å². The third kappa shape index (κ3) is 64.7. The number of allylic oxidation sites excluding steroid dienone is 8. The SMILES string of the molecule is CCCCCCC/C=C\C/C=C\CCCCCCCCCCCCCCCCCCCCCCCCCC(=O)OC(COC(=O)CCCCCCCCCCC/C=C\C/C=C\CCCCCCC)COC(OCC[N+](C)(C)C)C(=O)O. The number of aliphatic carboxylic acids is 1. The molecule has 0 fully saturated rings. The maximum atomic E-state index is 12.9. The zero-order valence-corrected chi connectivity index (χ0v) is 54.2. The minimum Gasteiger partial charge on any atom is -0.477 e. The number of hydrogen-bond acceptors (Lipinski definition) is 7. The number of likely N-dealkylation sites (N-methyl/N-ethyl adjacent to an activating group) is 1. The molecule has 0 heterocycles. The Bertz CT molecular complexity index is 1470. The molecule has 0 aromatic carbocycles. The average molecular weight is 1140 g/mol. The second kappa shape index (κ2) is 63.3. The van der Waals surface area contributed by atoms with Gasteiger partial charge in [-0.3, -0.25) is 9.59 Å². The van der Waals surface area contributed by atoms with Crippen LogP contribution in [0.5, 0.6) is 0 Å². The van der Waals surface area contributed by atoms with Crippen LogP contribution in [0.2, 0.25) is 0 Å². The van der Waals surface area contributed by atoms with Gasteiger partial charge in [0, 0.05) is 12.8 Å². The number of esters is 2. The quantitative estimate of drug-likeness (QED) is 0.0211. The first-order chi connectivity index (χ1) is 39.6. The topological polar surface area (TPSA) is 108 Å². The van der Waals surface area contributed by atoms with Crippen molar-refractivity contribution in [2.75, 3.05) is 47.5 Å². The highest BCUT2D eigenvalue weighted by Crippen LogP contribution is 2.18. The molecule has 0 aliphatic carbocycles. The molecule has 0 saturated carbocycles. The maximum Gasteiger partial charge on any atom is 0.361 e. The van der Waals surface area contributed by atoms with Crippen molar-refractivity contribution in [3.8, 4) is 0 Å². The van der Waals surface area contributed by atoms with Crippen LogP contribution >= 0.6 is 0 Å². The molecule has 0 saturated heterocycles. The maximum absolute atomic E-state index is 12.9. The summed E-state index contributed by atoms with van der Waals surface area (Å²) in [5, 5.41) is 9.74. The van der Waals surface area contributed by atoms with Gasteiger partial charge in [-0.25, -0.2) is 4.79 Å². The van der Waals surface area contributed by atoms with E-state index in [1.54, 1.807) is 0 Å². The van der Waals surface area contributed by atoms with E-state index < -0.39 is 18.4 Å². The van der Waals surface area contributed by atoms with Crippen molar-refractivity contribution in [3.05, 3.63) is 48.6 Å². The molecule has 0 aromatic rings. The molecule has 0 bridgehead atoms. The predicted molar refractivity (Wildman–Crippen MR) is 346 cm³/mol. The molecule has 474 valence electrons. The molecule has 2 atom stereocenters. The number of rotatable bonds is 65. The van der Waals surface area contributed by atoms with Crippen LogP contribution in [-0.4, -0.2) is 87.4 Å². The van der Waals surface area contributed by atoms with E-state index in [1.807, 2.05) is 21.1 Å². The summed E-state index contributed by atoms with van der Waals surface area (Å²) in [5.41, 5.74) is 0. The summed E-state index contributed by atoms with van der Waals surface area (Å²) in [6.45, 7) is 4.90. The van der Waals surface area contributed by atoms with Gasteiger partial charge in [0.25, 0.3) is 6.29 Å². The summed E-state index contributed by atoms with van der Waals surface area (Å²) in [4.78, 5) is 37.6. The number of ether oxygens (including phenoxy) is 4. The molecule has 0 rings (SSSR count). The largest absolute Gasteiger partial charge is 0.477 e. The molecule has 2 unspecified atom stereocenters. The molecular formula is C72H134NO8+. The van der Waals surface area contributed by atoms with Crippen LogP contribution in [0.15, 0.2) is 48.6 Å². The number of carboxylic acid groups (broad SMARTS) is 1. The fourth-order valence-electron chi connectivity index (χ4n) is 10.2. The molecular weight excluding hydrogens is 1010 g/mol. The Morgan fingerprint density at radius 2 is 0.667 bits per heavy atom. The second-order valence-corrected chi connectivity index (χ2v) is 24.8. The van der Waals surface area contributed by atoms with Gasteiger partial charge >= 0.3 is 17.9 Å². The molecule has 0 spiro atoms. The molecule has 0 aliphatic heterocycles. The number of nitrogens with zero attached hydrogens (tertiary/aromatic N) is 1. The van der Waals surface area contributed by atoms with E-state index in [2.05, 4.69) is 62.5 Å². The minimum absolute atomic E-state index is 0.181. The fourth-order valence-corrected chi connectivity index (χ4v) is 10.2. The van der Waals surface area contributed by atoms with Crippen LogP contribution in [0.1, 0.15) is 335 Å². The Hall–Kier alpha value is -2.75. The van der Waals surface area contributed by atoms with Gasteiger partial charge < -0.3 is 28.5 Å². The first kappa shape index (κ1) is 78.2. The first-order valence-corrected chi connectivity index (χ1v) is 34.8. The molecule has 9 heteroatoms. The normalized spacial score (nSPS) is 13.0. The van der Waals surface area contributed by atoms with Crippen molar-refractivity contribution < 1.29 is 42.9 Å². The molecule has 1 N–H and O–H groups in total. The number of hydrogen-bond donors (Lipinski definition) is 1. The molecule has 0 radical (unpaired) electrons. The smallest absolute Gasteiger partial charge is 0.361 e. The Morgan fingerprint density at radius 3 is 0.975 bits per heavy atom. The highest BCUT2D eigenvalue weighted by molar-refractivity contribution is 5.71. The zero-order valence-electron chi connectivity index (χ0n) is 54.2. The van der Waals surface area contributed by atoms with Crippen LogP contribution in [0, 0.1) is 0 Å². The van der Waals surface area contributed by atoms with Crippen LogP contribution in [0.3, 0.4) is 0 Å². The van der Waals surface area contributed by atoms with E-state index in [-0.39, 0.29) is 38.2 Å². The van der Waals surface area contributed by atoms with Crippen LogP contribution in [0.4, 0.5) is 0 Å². The van der Waals surface area contributed by atoms with Crippen molar-refractivity contribution in [3.63, 3.8) is 0 Å². The van der Waals surface area contributed by atoms with E-state index in [0.717, 1.165) is 51.4 Å². The lowest BCUT2D eigenvalue weighted by molar-refractivity contribution is -0.870. The first-order valence-electron chi connectivity index (χ1n) is 34.8. The third-order valence-electron chi connectivity index (χ3n) is 15.6. The Balaban J connectivity index is 4.04. The van der Waals surface area contributed by atoms with Crippen LogP contribution < -0.4 is 0 Å². The number of carbonyl (C=O) groups excluding carboxylic acids is 2. The van der Waals surface area contributed by atoms with Gasteiger partial charge in [-0.1, -0.05) is 294 Å². The number of unbranched alkanes of at least 4 members (excludes halogenated alkanes) is 42. The molecule has 81 heavy (non-hydrogen) atoms. The van der Waals surface area contributed by atoms with Gasteiger partial charge in [0.05, 0.1) is 34.4 Å². The summed E-state index contributed by atoms with van der Waals surface area (Å²) in [5.74, 6) is -1.99. The van der Waals surface area contributed by atoms with Gasteiger partial charge in [0.15, 0.2) is 6.10 Å². The van der Waals surface area contributed by atoms with Crippen molar-refractivity contribution in [1.29, 1.82) is 0 Å². The average Bonchev–Trinajstić information content (AvgIpc) is 3.44. The summed E-state index contributed by atoms with van der Waals surface area (Å²) in [6, 6.07) is 0. The van der Waals surface area contributed by atoms with Gasteiger partial charge in [0.1, 0.15) is 13.2 Å². The lowest BCUT2D eigenvalue weighted by atomic mass is 10.0. The highest BCUT2D eigenvalue weighted by Gasteiger charge is 2.25. The predicted octanol–water partition coefficient (Wildman–Crippen LogP) is 21.4. The van der Waals surface area contributed by atoms with E-state index in [4.69, 9.17) is 18.9 Å². The van der Waals surface area contributed by atoms with E-state index >= 15 is 0 Å². The number of carbonyl (C=O) groups is 3. The van der Waals surface area contributed by atoms with E-state index in [9.17, 15) is 19.5 Å².